The smallest absolute Gasteiger partial charge is 0.231 e. The Balaban J connectivity index is 1.34. The van der Waals surface area contributed by atoms with E-state index in [9.17, 15) is 4.79 Å². The Morgan fingerprint density at radius 2 is 1.79 bits per heavy atom. The van der Waals surface area contributed by atoms with Crippen LogP contribution in [0.3, 0.4) is 0 Å². The van der Waals surface area contributed by atoms with E-state index in [0.717, 1.165) is 33.8 Å². The van der Waals surface area contributed by atoms with Crippen molar-refractivity contribution in [1.29, 1.82) is 0 Å². The van der Waals surface area contributed by atoms with E-state index < -0.39 is 0 Å². The Kier molecular flexibility index (Phi) is 5.81. The van der Waals surface area contributed by atoms with Crippen molar-refractivity contribution in [3.63, 3.8) is 0 Å². The summed E-state index contributed by atoms with van der Waals surface area (Å²) in [6.07, 6.45) is 2.96. The van der Waals surface area contributed by atoms with Gasteiger partial charge < -0.3 is 14.8 Å². The van der Waals surface area contributed by atoms with Gasteiger partial charge in [-0.2, -0.15) is 5.10 Å². The van der Waals surface area contributed by atoms with Crippen molar-refractivity contribution in [3.8, 4) is 28.4 Å². The van der Waals surface area contributed by atoms with Gasteiger partial charge in [-0.25, -0.2) is 4.68 Å². The van der Waals surface area contributed by atoms with Crippen LogP contribution in [-0.4, -0.2) is 22.5 Å². The van der Waals surface area contributed by atoms with E-state index in [2.05, 4.69) is 24.4 Å². The molecule has 4 aromatic rings. The third-order valence-electron chi connectivity index (χ3n) is 5.69. The lowest BCUT2D eigenvalue weighted by molar-refractivity contribution is -0.121. The van der Waals surface area contributed by atoms with Crippen molar-refractivity contribution in [2.24, 2.45) is 0 Å². The van der Waals surface area contributed by atoms with Gasteiger partial charge in [-0.3, -0.25) is 4.79 Å². The highest BCUT2D eigenvalue weighted by atomic mass is 16.7. The average Bonchev–Trinajstić information content (AvgIpc) is 3.49. The zero-order valence-electron chi connectivity index (χ0n) is 18.5. The van der Waals surface area contributed by atoms with Crippen LogP contribution in [-0.2, 0) is 17.8 Å². The number of nitrogens with zero attached hydrogens (tertiary/aromatic N) is 2. The number of aryl methyl sites for hydroxylation is 2. The minimum Gasteiger partial charge on any atom is -0.454 e. The fourth-order valence-electron chi connectivity index (χ4n) is 3.84. The lowest BCUT2D eigenvalue weighted by atomic mass is 10.0. The van der Waals surface area contributed by atoms with Crippen LogP contribution in [0.15, 0.2) is 79.0 Å². The van der Waals surface area contributed by atoms with Crippen LogP contribution in [0.1, 0.15) is 23.1 Å². The minimum absolute atomic E-state index is 0.0136. The van der Waals surface area contributed by atoms with Crippen LogP contribution >= 0.6 is 0 Å². The molecule has 0 spiro atoms. The van der Waals surface area contributed by atoms with Gasteiger partial charge in [-0.05, 0) is 54.8 Å². The minimum atomic E-state index is 0.0136. The van der Waals surface area contributed by atoms with Crippen LogP contribution in [0, 0.1) is 6.92 Å². The zero-order valence-corrected chi connectivity index (χ0v) is 18.5. The zero-order chi connectivity index (χ0) is 22.6. The average molecular weight is 440 g/mol. The van der Waals surface area contributed by atoms with Crippen LogP contribution < -0.4 is 14.8 Å². The molecule has 0 bridgehead atoms. The van der Waals surface area contributed by atoms with Gasteiger partial charge in [0.05, 0.1) is 11.4 Å². The number of fused-ring (bicyclic) bond motifs is 1. The maximum atomic E-state index is 12.6. The number of ether oxygens (including phenoxy) is 2. The Morgan fingerprint density at radius 3 is 2.61 bits per heavy atom. The summed E-state index contributed by atoms with van der Waals surface area (Å²) in [5.41, 5.74) is 6.04. The first-order chi connectivity index (χ1) is 16.2. The van der Waals surface area contributed by atoms with Crippen LogP contribution in [0.25, 0.3) is 16.9 Å². The fraction of sp³-hybridized carbons (Fsp3) is 0.185. The summed E-state index contributed by atoms with van der Waals surface area (Å²) in [7, 11) is 0. The van der Waals surface area contributed by atoms with Crippen molar-refractivity contribution >= 4 is 5.91 Å². The first-order valence-corrected chi connectivity index (χ1v) is 11.0. The summed E-state index contributed by atoms with van der Waals surface area (Å²) >= 11 is 0. The Labute approximate surface area is 192 Å². The van der Waals surface area contributed by atoms with Crippen LogP contribution in [0.2, 0.25) is 0 Å². The van der Waals surface area contributed by atoms with Crippen molar-refractivity contribution in [3.05, 3.63) is 95.7 Å². The molecule has 6 nitrogen and oxygen atoms in total. The molecular weight excluding hydrogens is 414 g/mol. The summed E-state index contributed by atoms with van der Waals surface area (Å²) in [5.74, 6) is 1.46. The molecule has 0 aliphatic carbocycles. The van der Waals surface area contributed by atoms with E-state index in [4.69, 9.17) is 14.6 Å². The molecule has 0 radical (unpaired) electrons. The quantitative estimate of drug-likeness (QED) is 0.448. The number of amides is 1. The molecule has 6 heteroatoms. The van der Waals surface area contributed by atoms with E-state index in [0.29, 0.717) is 25.1 Å². The SMILES string of the molecule is Cc1ccc(CNC(=O)CCc2cn(-c3ccccc3)nc2-c2ccc3c(c2)OCO3)cc1. The van der Waals surface area contributed by atoms with E-state index in [1.807, 2.05) is 71.5 Å². The third kappa shape index (κ3) is 4.75. The molecule has 1 aromatic heterocycles. The number of aromatic nitrogens is 2. The Hall–Kier alpha value is -4.06. The van der Waals surface area contributed by atoms with E-state index in [-0.39, 0.29) is 12.7 Å². The normalized spacial score (nSPS) is 12.0. The number of nitrogens with one attached hydrogen (secondary N) is 1. The molecule has 0 atom stereocenters. The summed E-state index contributed by atoms with van der Waals surface area (Å²) in [6, 6.07) is 24.0. The molecule has 1 N–H and O–H groups in total. The van der Waals surface area contributed by atoms with Gasteiger partial charge in [0.15, 0.2) is 11.5 Å². The lowest BCUT2D eigenvalue weighted by Gasteiger charge is -2.07. The Morgan fingerprint density at radius 1 is 1.00 bits per heavy atom. The van der Waals surface area contributed by atoms with Gasteiger partial charge in [0.2, 0.25) is 12.7 Å². The van der Waals surface area contributed by atoms with Crippen LogP contribution in [0.5, 0.6) is 11.5 Å². The third-order valence-corrected chi connectivity index (χ3v) is 5.69. The molecule has 3 aromatic carbocycles. The first-order valence-electron chi connectivity index (χ1n) is 11.0. The maximum absolute atomic E-state index is 12.6. The van der Waals surface area contributed by atoms with E-state index >= 15 is 0 Å². The molecule has 33 heavy (non-hydrogen) atoms. The standard InChI is InChI=1S/C27H25N3O3/c1-19-7-9-20(10-8-19)16-28-26(31)14-12-22-17-30(23-5-3-2-4-6-23)29-27(22)21-11-13-24-25(15-21)33-18-32-24/h2-11,13,15,17H,12,14,16,18H2,1H3,(H,28,31). The number of carbonyl (C=O) groups is 1. The number of rotatable bonds is 7. The van der Waals surface area contributed by atoms with Gasteiger partial charge in [0.25, 0.3) is 0 Å². The molecule has 1 aliphatic heterocycles. The highest BCUT2D eigenvalue weighted by Gasteiger charge is 2.18. The molecule has 1 aliphatic rings. The molecule has 2 heterocycles. The molecule has 0 saturated heterocycles. The predicted octanol–water partition coefficient (Wildman–Crippen LogP) is 4.83. The molecule has 1 amide bonds. The summed E-state index contributed by atoms with van der Waals surface area (Å²) in [4.78, 5) is 12.6. The molecule has 0 saturated carbocycles. The summed E-state index contributed by atoms with van der Waals surface area (Å²) < 4.78 is 12.9. The molecular formula is C27H25N3O3. The van der Waals surface area contributed by atoms with Gasteiger partial charge in [0.1, 0.15) is 0 Å². The van der Waals surface area contributed by atoms with Gasteiger partial charge in [0, 0.05) is 24.7 Å². The van der Waals surface area contributed by atoms with Crippen molar-refractivity contribution in [1.82, 2.24) is 15.1 Å². The lowest BCUT2D eigenvalue weighted by Crippen LogP contribution is -2.23. The highest BCUT2D eigenvalue weighted by molar-refractivity contribution is 5.77. The van der Waals surface area contributed by atoms with E-state index in [1.165, 1.54) is 5.56 Å². The van der Waals surface area contributed by atoms with Crippen molar-refractivity contribution in [2.45, 2.75) is 26.3 Å². The molecule has 0 unspecified atom stereocenters. The molecule has 0 fully saturated rings. The number of carbonyl (C=O) groups excluding carboxylic acids is 1. The number of hydrogen-bond donors (Lipinski definition) is 1. The predicted molar refractivity (Wildman–Crippen MR) is 126 cm³/mol. The number of benzene rings is 3. The topological polar surface area (TPSA) is 65.4 Å². The second kappa shape index (κ2) is 9.20. The first kappa shape index (κ1) is 20.8. The molecule has 166 valence electrons. The summed E-state index contributed by atoms with van der Waals surface area (Å²) in [6.45, 7) is 2.80. The maximum Gasteiger partial charge on any atom is 0.231 e. The van der Waals surface area contributed by atoms with Gasteiger partial charge in [-0.15, -0.1) is 0 Å². The van der Waals surface area contributed by atoms with Gasteiger partial charge in [-0.1, -0.05) is 48.0 Å². The number of para-hydroxylation sites is 1. The number of hydrogen-bond acceptors (Lipinski definition) is 4. The summed E-state index contributed by atoms with van der Waals surface area (Å²) in [5, 5.41) is 7.86. The van der Waals surface area contributed by atoms with Gasteiger partial charge >= 0.3 is 0 Å². The Bertz CT molecular complexity index is 1260. The van der Waals surface area contributed by atoms with E-state index in [1.54, 1.807) is 0 Å². The van der Waals surface area contributed by atoms with Crippen LogP contribution in [0.4, 0.5) is 0 Å². The molecule has 5 rings (SSSR count). The second-order valence-corrected chi connectivity index (χ2v) is 8.11. The second-order valence-electron chi connectivity index (χ2n) is 8.11. The van der Waals surface area contributed by atoms with Crippen molar-refractivity contribution in [2.75, 3.05) is 6.79 Å². The monoisotopic (exact) mass is 439 g/mol. The van der Waals surface area contributed by atoms with Crippen molar-refractivity contribution < 1.29 is 14.3 Å². The fourth-order valence-corrected chi connectivity index (χ4v) is 3.84. The highest BCUT2D eigenvalue weighted by Crippen LogP contribution is 2.36. The largest absolute Gasteiger partial charge is 0.454 e.